The van der Waals surface area contributed by atoms with Gasteiger partial charge in [0, 0.05) is 24.2 Å². The van der Waals surface area contributed by atoms with E-state index >= 15 is 0 Å². The number of allylic oxidation sites excluding steroid dienone is 6. The normalized spacial score (nSPS) is 13.8. The highest BCUT2D eigenvalue weighted by molar-refractivity contribution is 5.83. The molecule has 2 aromatic carbocycles. The summed E-state index contributed by atoms with van der Waals surface area (Å²) in [5, 5.41) is 4.02. The Morgan fingerprint density at radius 2 is 1.81 bits per heavy atom. The molecule has 5 rings (SSSR count). The van der Waals surface area contributed by atoms with E-state index in [0.29, 0.717) is 11.5 Å². The highest BCUT2D eigenvalue weighted by Gasteiger charge is 2.31. The van der Waals surface area contributed by atoms with Crippen LogP contribution >= 0.6 is 0 Å². The van der Waals surface area contributed by atoms with Crippen molar-refractivity contribution in [1.29, 1.82) is 0 Å². The molecule has 0 spiro atoms. The molecule has 0 radical (unpaired) electrons. The van der Waals surface area contributed by atoms with Gasteiger partial charge >= 0.3 is 0 Å². The topological polar surface area (TPSA) is 60.9 Å². The van der Waals surface area contributed by atoms with Crippen LogP contribution < -0.4 is 5.43 Å². The number of rotatable bonds is 5. The molecule has 0 N–H and O–H groups in total. The molecule has 1 aliphatic carbocycles. The minimum atomic E-state index is -1.14. The van der Waals surface area contributed by atoms with Gasteiger partial charge in [0.1, 0.15) is 5.82 Å². The number of nitrogens with zero attached hydrogens (tertiary/aromatic N) is 3. The van der Waals surface area contributed by atoms with Crippen LogP contribution in [0.3, 0.4) is 0 Å². The summed E-state index contributed by atoms with van der Waals surface area (Å²) in [5.74, 6) is -2.27. The van der Waals surface area contributed by atoms with Gasteiger partial charge in [-0.2, -0.15) is 4.98 Å². The number of aromatic nitrogens is 3. The molecule has 36 heavy (non-hydrogen) atoms. The Bertz CT molecular complexity index is 1610. The number of hydrogen-bond acceptors (Lipinski definition) is 4. The first-order valence-corrected chi connectivity index (χ1v) is 11.4. The van der Waals surface area contributed by atoms with Crippen LogP contribution in [0.15, 0.2) is 87.9 Å². The number of hydrogen-bond donors (Lipinski definition) is 0. The molecule has 182 valence electrons. The van der Waals surface area contributed by atoms with Gasteiger partial charge in [-0.1, -0.05) is 47.7 Å². The molecule has 0 bridgehead atoms. The van der Waals surface area contributed by atoms with Crippen molar-refractivity contribution in [1.82, 2.24) is 14.7 Å². The zero-order valence-electron chi connectivity index (χ0n) is 19.6. The third kappa shape index (κ3) is 4.30. The van der Waals surface area contributed by atoms with E-state index in [2.05, 4.69) is 10.1 Å². The Morgan fingerprint density at radius 1 is 1.06 bits per heavy atom. The molecule has 0 fully saturated rings. The quantitative estimate of drug-likeness (QED) is 0.333. The number of benzene rings is 2. The maximum Gasteiger partial charge on any atom is 0.237 e. The van der Waals surface area contributed by atoms with E-state index in [4.69, 9.17) is 4.52 Å². The van der Waals surface area contributed by atoms with Crippen molar-refractivity contribution in [2.75, 3.05) is 0 Å². The first-order valence-electron chi connectivity index (χ1n) is 11.4. The molecule has 2 heterocycles. The summed E-state index contributed by atoms with van der Waals surface area (Å²) in [6, 6.07) is 7.62. The van der Waals surface area contributed by atoms with Crippen LogP contribution in [0, 0.1) is 17.5 Å². The fourth-order valence-electron chi connectivity index (χ4n) is 4.17. The highest BCUT2D eigenvalue weighted by Crippen LogP contribution is 2.33. The van der Waals surface area contributed by atoms with E-state index < -0.39 is 28.3 Å². The van der Waals surface area contributed by atoms with Crippen LogP contribution in [0.5, 0.6) is 0 Å². The zero-order valence-corrected chi connectivity index (χ0v) is 19.6. The standard InChI is InChI=1S/C28H22F3N3O2/c1-28(2,18-7-5-3-4-6-8-18)27-32-26(33-36-27)21-16-34(15-17-9-11-19(29)12-10-17)24-14-23(31)22(30)13-20(24)25(21)35/h3,5-14,16H,4,15H2,1-2H3. The Morgan fingerprint density at radius 3 is 2.58 bits per heavy atom. The molecular formula is C28H22F3N3O2. The average molecular weight is 489 g/mol. The van der Waals surface area contributed by atoms with Crippen LogP contribution in [-0.2, 0) is 12.0 Å². The second-order valence-electron chi connectivity index (χ2n) is 9.15. The molecule has 2 aromatic heterocycles. The van der Waals surface area contributed by atoms with Gasteiger partial charge < -0.3 is 9.09 Å². The van der Waals surface area contributed by atoms with Gasteiger partial charge in [-0.05, 0) is 49.6 Å². The van der Waals surface area contributed by atoms with Crippen molar-refractivity contribution in [2.45, 2.75) is 32.2 Å². The van der Waals surface area contributed by atoms with Gasteiger partial charge in [0.25, 0.3) is 0 Å². The predicted octanol–water partition coefficient (Wildman–Crippen LogP) is 6.24. The fraction of sp³-hybridized carbons (Fsp3) is 0.179. The van der Waals surface area contributed by atoms with Crippen molar-refractivity contribution in [3.05, 3.63) is 118 Å². The van der Waals surface area contributed by atoms with Gasteiger partial charge in [0.15, 0.2) is 11.6 Å². The Balaban J connectivity index is 1.64. The molecule has 0 saturated carbocycles. The molecule has 1 aliphatic rings. The summed E-state index contributed by atoms with van der Waals surface area (Å²) in [6.45, 7) is 4.05. The highest BCUT2D eigenvalue weighted by atomic mass is 19.2. The predicted molar refractivity (Wildman–Crippen MR) is 131 cm³/mol. The lowest BCUT2D eigenvalue weighted by atomic mass is 9.83. The van der Waals surface area contributed by atoms with E-state index in [1.165, 1.54) is 18.3 Å². The lowest BCUT2D eigenvalue weighted by Crippen LogP contribution is -2.20. The van der Waals surface area contributed by atoms with Crippen LogP contribution in [0.25, 0.3) is 22.3 Å². The smallest absolute Gasteiger partial charge is 0.237 e. The molecule has 0 amide bonds. The number of pyridine rings is 1. The summed E-state index contributed by atoms with van der Waals surface area (Å²) in [7, 11) is 0. The molecule has 4 aromatic rings. The molecule has 0 unspecified atom stereocenters. The maximum absolute atomic E-state index is 14.1. The van der Waals surface area contributed by atoms with Crippen LogP contribution in [-0.4, -0.2) is 14.7 Å². The summed E-state index contributed by atoms with van der Waals surface area (Å²) in [6.07, 6.45) is 12.3. The fourth-order valence-corrected chi connectivity index (χ4v) is 4.17. The van der Waals surface area contributed by atoms with Crippen LogP contribution in [0.2, 0.25) is 0 Å². The summed E-state index contributed by atoms with van der Waals surface area (Å²) < 4.78 is 48.8. The Labute approximate surface area is 204 Å². The van der Waals surface area contributed by atoms with Crippen molar-refractivity contribution < 1.29 is 17.7 Å². The van der Waals surface area contributed by atoms with E-state index in [9.17, 15) is 18.0 Å². The van der Waals surface area contributed by atoms with E-state index in [1.807, 2.05) is 44.2 Å². The average Bonchev–Trinajstić information content (AvgIpc) is 3.19. The summed E-state index contributed by atoms with van der Waals surface area (Å²) >= 11 is 0. The van der Waals surface area contributed by atoms with Crippen molar-refractivity contribution in [3.63, 3.8) is 0 Å². The molecule has 0 saturated heterocycles. The van der Waals surface area contributed by atoms with Crippen LogP contribution in [0.4, 0.5) is 13.2 Å². The largest absolute Gasteiger partial charge is 0.342 e. The molecule has 0 aliphatic heterocycles. The van der Waals surface area contributed by atoms with E-state index in [-0.39, 0.29) is 28.8 Å². The van der Waals surface area contributed by atoms with Crippen molar-refractivity contribution in [3.8, 4) is 11.4 Å². The van der Waals surface area contributed by atoms with Crippen molar-refractivity contribution in [2.24, 2.45) is 0 Å². The zero-order chi connectivity index (χ0) is 25.4. The second kappa shape index (κ2) is 9.11. The van der Waals surface area contributed by atoms with Gasteiger partial charge in [0.05, 0.1) is 16.5 Å². The minimum Gasteiger partial charge on any atom is -0.342 e. The molecule has 5 nitrogen and oxygen atoms in total. The SMILES string of the molecule is CC(C)(C1=CC=CCC=C1)c1nc(-c2cn(Cc3ccc(F)cc3)c3cc(F)c(F)cc3c2=O)no1. The third-order valence-corrected chi connectivity index (χ3v) is 6.29. The van der Waals surface area contributed by atoms with Crippen molar-refractivity contribution >= 4 is 10.9 Å². The minimum absolute atomic E-state index is 0.0290. The van der Waals surface area contributed by atoms with Gasteiger partial charge in [-0.3, -0.25) is 4.79 Å². The van der Waals surface area contributed by atoms with Gasteiger partial charge in [-0.25, -0.2) is 13.2 Å². The van der Waals surface area contributed by atoms with Gasteiger partial charge in [0.2, 0.25) is 17.1 Å². The Hall–Kier alpha value is -4.20. The third-order valence-electron chi connectivity index (χ3n) is 6.29. The van der Waals surface area contributed by atoms with Gasteiger partial charge in [-0.15, -0.1) is 0 Å². The number of fused-ring (bicyclic) bond motifs is 1. The molecule has 8 heteroatoms. The lowest BCUT2D eigenvalue weighted by molar-refractivity contribution is 0.332. The van der Waals surface area contributed by atoms with E-state index in [0.717, 1.165) is 24.1 Å². The van der Waals surface area contributed by atoms with Crippen LogP contribution in [0.1, 0.15) is 31.7 Å². The second-order valence-corrected chi connectivity index (χ2v) is 9.15. The molecule has 0 atom stereocenters. The lowest BCUT2D eigenvalue weighted by Gasteiger charge is -2.21. The first kappa shape index (κ1) is 23.5. The maximum atomic E-state index is 14.1. The first-order chi connectivity index (χ1) is 17.2. The molecular weight excluding hydrogens is 467 g/mol. The number of halogens is 3. The summed E-state index contributed by atoms with van der Waals surface area (Å²) in [4.78, 5) is 17.9. The van der Waals surface area contributed by atoms with E-state index in [1.54, 1.807) is 16.7 Å². The Kier molecular flexibility index (Phi) is 5.96. The summed E-state index contributed by atoms with van der Waals surface area (Å²) in [5.41, 5.74) is 0.725. The monoisotopic (exact) mass is 489 g/mol.